The van der Waals surface area contributed by atoms with E-state index in [1.807, 2.05) is 16.7 Å². The Hall–Kier alpha value is -3.65. The Kier molecular flexibility index (Phi) is 3.67. The van der Waals surface area contributed by atoms with E-state index < -0.39 is 5.91 Å². The van der Waals surface area contributed by atoms with Crippen molar-refractivity contribution in [2.75, 3.05) is 0 Å². The second-order valence-corrected chi connectivity index (χ2v) is 6.10. The molecule has 4 rings (SSSR count). The number of carbonyl (C=O) groups excluding carboxylic acids is 1. The molecule has 0 radical (unpaired) electrons. The Morgan fingerprint density at radius 3 is 2.65 bits per heavy atom. The number of fused-ring (bicyclic) bond motifs is 3. The summed E-state index contributed by atoms with van der Waals surface area (Å²) < 4.78 is 16.5. The number of rotatable bonds is 3. The van der Waals surface area contributed by atoms with Crippen LogP contribution in [0.25, 0.3) is 21.8 Å². The van der Waals surface area contributed by atoms with Crippen LogP contribution in [0.5, 0.6) is 0 Å². The summed E-state index contributed by atoms with van der Waals surface area (Å²) in [6.07, 6.45) is 0. The van der Waals surface area contributed by atoms with Gasteiger partial charge in [-0.2, -0.15) is 5.26 Å². The van der Waals surface area contributed by atoms with E-state index in [1.165, 1.54) is 6.07 Å². The van der Waals surface area contributed by atoms with Gasteiger partial charge in [-0.15, -0.1) is 0 Å². The number of carbonyl (C=O) groups is 1. The quantitative estimate of drug-likeness (QED) is 0.612. The monoisotopic (exact) mass is 343 g/mol. The predicted octanol–water partition coefficient (Wildman–Crippen LogP) is 3.95. The number of halogens is 1. The highest BCUT2D eigenvalue weighted by Gasteiger charge is 2.18. The number of hydrogen-bond donors (Lipinski definition) is 1. The first-order valence-electron chi connectivity index (χ1n) is 8.08. The fourth-order valence-corrected chi connectivity index (χ4v) is 3.45. The summed E-state index contributed by atoms with van der Waals surface area (Å²) in [7, 11) is 0. The van der Waals surface area contributed by atoms with Gasteiger partial charge in [0.15, 0.2) is 0 Å². The van der Waals surface area contributed by atoms with Crippen LogP contribution in [0.15, 0.2) is 60.7 Å². The highest BCUT2D eigenvalue weighted by molar-refractivity contribution is 6.17. The maximum atomic E-state index is 14.7. The molecule has 5 heteroatoms. The van der Waals surface area contributed by atoms with Crippen molar-refractivity contribution in [3.05, 3.63) is 83.2 Å². The van der Waals surface area contributed by atoms with E-state index in [1.54, 1.807) is 42.5 Å². The number of aromatic nitrogens is 1. The topological polar surface area (TPSA) is 71.8 Å². The van der Waals surface area contributed by atoms with Gasteiger partial charge < -0.3 is 10.3 Å². The van der Waals surface area contributed by atoms with Crippen LogP contribution in [0.1, 0.15) is 21.5 Å². The summed E-state index contributed by atoms with van der Waals surface area (Å²) in [5.74, 6) is -0.920. The van der Waals surface area contributed by atoms with E-state index in [-0.39, 0.29) is 5.82 Å². The molecular formula is C21H14FN3O. The van der Waals surface area contributed by atoms with Crippen molar-refractivity contribution in [2.45, 2.75) is 6.54 Å². The van der Waals surface area contributed by atoms with Crippen molar-refractivity contribution in [2.24, 2.45) is 5.73 Å². The number of benzene rings is 3. The molecule has 0 saturated carbocycles. The zero-order chi connectivity index (χ0) is 18.3. The van der Waals surface area contributed by atoms with Gasteiger partial charge in [0.05, 0.1) is 22.7 Å². The lowest BCUT2D eigenvalue weighted by atomic mass is 10.1. The Morgan fingerprint density at radius 1 is 1.12 bits per heavy atom. The molecule has 0 fully saturated rings. The first-order chi connectivity index (χ1) is 12.6. The van der Waals surface area contributed by atoms with Gasteiger partial charge in [-0.05, 0) is 35.9 Å². The molecule has 4 nitrogen and oxygen atoms in total. The Balaban J connectivity index is 2.05. The number of amides is 1. The number of para-hydroxylation sites is 1. The summed E-state index contributed by atoms with van der Waals surface area (Å²) in [6.45, 7) is 0.374. The van der Waals surface area contributed by atoms with Crippen LogP contribution in [-0.4, -0.2) is 10.5 Å². The maximum Gasteiger partial charge on any atom is 0.249 e. The van der Waals surface area contributed by atoms with Gasteiger partial charge in [0.2, 0.25) is 5.91 Å². The molecule has 2 N–H and O–H groups in total. The van der Waals surface area contributed by atoms with Crippen molar-refractivity contribution in [3.63, 3.8) is 0 Å². The molecule has 0 aliphatic heterocycles. The van der Waals surface area contributed by atoms with Gasteiger partial charge in [-0.25, -0.2) is 4.39 Å². The van der Waals surface area contributed by atoms with Gasteiger partial charge in [-0.1, -0.05) is 30.3 Å². The van der Waals surface area contributed by atoms with Gasteiger partial charge in [-0.3, -0.25) is 4.79 Å². The van der Waals surface area contributed by atoms with Crippen LogP contribution in [0.4, 0.5) is 4.39 Å². The average Bonchev–Trinajstić information content (AvgIpc) is 2.97. The zero-order valence-electron chi connectivity index (χ0n) is 13.7. The molecule has 0 unspecified atom stereocenters. The van der Waals surface area contributed by atoms with Gasteiger partial charge in [0, 0.05) is 22.9 Å². The first-order valence-corrected chi connectivity index (χ1v) is 8.08. The van der Waals surface area contributed by atoms with E-state index in [9.17, 15) is 9.18 Å². The van der Waals surface area contributed by atoms with Crippen LogP contribution in [0.2, 0.25) is 0 Å². The molecule has 1 aromatic heterocycles. The minimum atomic E-state index is -0.551. The standard InChI is InChI=1S/C21H14FN3O/c22-17-8-2-6-15-19-16(21(24)26)7-3-9-18(19)25(20(15)17)12-14-5-1-4-13(10-14)11-23/h1-10H,12H2,(H2,24,26). The summed E-state index contributed by atoms with van der Waals surface area (Å²) >= 11 is 0. The number of primary amides is 1. The molecule has 1 amide bonds. The summed E-state index contributed by atoms with van der Waals surface area (Å²) in [4.78, 5) is 11.9. The second-order valence-electron chi connectivity index (χ2n) is 6.10. The fraction of sp³-hybridized carbons (Fsp3) is 0.0476. The molecule has 0 aliphatic rings. The first kappa shape index (κ1) is 15.9. The molecule has 0 atom stereocenters. The van der Waals surface area contributed by atoms with E-state index in [0.29, 0.717) is 34.0 Å². The van der Waals surface area contributed by atoms with Crippen molar-refractivity contribution >= 4 is 27.7 Å². The summed E-state index contributed by atoms with van der Waals surface area (Å²) in [6, 6.07) is 19.3. The van der Waals surface area contributed by atoms with Gasteiger partial charge in [0.25, 0.3) is 0 Å². The number of nitrogens with two attached hydrogens (primary N) is 1. The molecule has 126 valence electrons. The van der Waals surface area contributed by atoms with Crippen LogP contribution in [0.3, 0.4) is 0 Å². The van der Waals surface area contributed by atoms with Crippen molar-refractivity contribution in [1.82, 2.24) is 4.57 Å². The molecule has 0 bridgehead atoms. The Labute approximate surface area is 148 Å². The van der Waals surface area contributed by atoms with Gasteiger partial charge >= 0.3 is 0 Å². The maximum absolute atomic E-state index is 14.7. The molecule has 4 aromatic rings. The Bertz CT molecular complexity index is 1220. The minimum Gasteiger partial charge on any atom is -0.366 e. The van der Waals surface area contributed by atoms with E-state index >= 15 is 0 Å². The van der Waals surface area contributed by atoms with Crippen LogP contribution >= 0.6 is 0 Å². The summed E-state index contributed by atoms with van der Waals surface area (Å²) in [5, 5.41) is 10.4. The lowest BCUT2D eigenvalue weighted by molar-refractivity contribution is 0.100. The van der Waals surface area contributed by atoms with E-state index in [2.05, 4.69) is 6.07 Å². The smallest absolute Gasteiger partial charge is 0.249 e. The van der Waals surface area contributed by atoms with E-state index in [0.717, 1.165) is 11.1 Å². The van der Waals surface area contributed by atoms with Crippen LogP contribution < -0.4 is 5.73 Å². The normalized spacial score (nSPS) is 10.9. The lowest BCUT2D eigenvalue weighted by Gasteiger charge is -2.09. The van der Waals surface area contributed by atoms with Crippen molar-refractivity contribution in [1.29, 1.82) is 5.26 Å². The van der Waals surface area contributed by atoms with Crippen molar-refractivity contribution in [3.8, 4) is 6.07 Å². The van der Waals surface area contributed by atoms with Crippen molar-refractivity contribution < 1.29 is 9.18 Å². The highest BCUT2D eigenvalue weighted by atomic mass is 19.1. The highest BCUT2D eigenvalue weighted by Crippen LogP contribution is 2.33. The molecular weight excluding hydrogens is 329 g/mol. The predicted molar refractivity (Wildman–Crippen MR) is 98.2 cm³/mol. The second kappa shape index (κ2) is 6.01. The molecule has 26 heavy (non-hydrogen) atoms. The number of nitrogens with zero attached hydrogens (tertiary/aromatic N) is 2. The third-order valence-corrected chi connectivity index (χ3v) is 4.52. The largest absolute Gasteiger partial charge is 0.366 e. The molecule has 3 aromatic carbocycles. The van der Waals surface area contributed by atoms with Crippen LogP contribution in [-0.2, 0) is 6.54 Å². The van der Waals surface area contributed by atoms with E-state index in [4.69, 9.17) is 11.0 Å². The van der Waals surface area contributed by atoms with Crippen LogP contribution in [0, 0.1) is 17.1 Å². The zero-order valence-corrected chi connectivity index (χ0v) is 13.7. The average molecular weight is 343 g/mol. The third-order valence-electron chi connectivity index (χ3n) is 4.52. The molecule has 0 spiro atoms. The lowest BCUT2D eigenvalue weighted by Crippen LogP contribution is -2.11. The Morgan fingerprint density at radius 2 is 1.88 bits per heavy atom. The third kappa shape index (κ3) is 2.40. The fourth-order valence-electron chi connectivity index (χ4n) is 3.45. The minimum absolute atomic E-state index is 0.364. The number of nitriles is 1. The molecule has 0 saturated heterocycles. The number of hydrogen-bond acceptors (Lipinski definition) is 2. The SMILES string of the molecule is N#Cc1cccc(Cn2c3cccc(C(N)=O)c3c3cccc(F)c32)c1. The molecule has 0 aliphatic carbocycles. The summed E-state index contributed by atoms with van der Waals surface area (Å²) in [5.41, 5.74) is 8.45. The van der Waals surface area contributed by atoms with Gasteiger partial charge in [0.1, 0.15) is 5.82 Å². The molecule has 1 heterocycles.